The lowest BCUT2D eigenvalue weighted by molar-refractivity contribution is 0.0482. The molecule has 0 spiro atoms. The zero-order valence-electron chi connectivity index (χ0n) is 17.1. The molecule has 0 saturated heterocycles. The van der Waals surface area contributed by atoms with Crippen molar-refractivity contribution in [3.8, 4) is 0 Å². The largest absolute Gasteiger partial charge is 0.444 e. The van der Waals surface area contributed by atoms with Crippen molar-refractivity contribution >= 4 is 6.09 Å². The summed E-state index contributed by atoms with van der Waals surface area (Å²) in [4.78, 5) is 12.8. The number of hydrogen-bond donors (Lipinski definition) is 2. The molecule has 1 unspecified atom stereocenters. The molecule has 3 N–H and O–H groups in total. The average Bonchev–Trinajstić information content (AvgIpc) is 2.72. The highest BCUT2D eigenvalue weighted by Crippen LogP contribution is 2.39. The summed E-state index contributed by atoms with van der Waals surface area (Å²) in [5.74, 6) is 0. The van der Waals surface area contributed by atoms with E-state index in [0.717, 1.165) is 16.7 Å². The number of ether oxygens (including phenoxy) is 1. The van der Waals surface area contributed by atoms with Gasteiger partial charge in [0.25, 0.3) is 0 Å². The first-order valence-corrected chi connectivity index (χ1v) is 9.75. The second kappa shape index (κ2) is 8.50. The molecule has 0 heterocycles. The highest BCUT2D eigenvalue weighted by atomic mass is 16.6. The van der Waals surface area contributed by atoms with Crippen molar-refractivity contribution < 1.29 is 9.53 Å². The van der Waals surface area contributed by atoms with Crippen molar-refractivity contribution in [1.29, 1.82) is 0 Å². The quantitative estimate of drug-likeness (QED) is 0.635. The standard InChI is InChI=1S/C25H28N2O2/c1-24(2,3)29-23(28)27-22(19-13-7-4-8-14-19)25(26,20-15-9-5-10-16-20)21-17-11-6-12-18-21/h4-18,22H,26H2,1-3H3,(H,27,28). The van der Waals surface area contributed by atoms with E-state index < -0.39 is 23.3 Å². The van der Waals surface area contributed by atoms with Gasteiger partial charge in [-0.1, -0.05) is 91.0 Å². The van der Waals surface area contributed by atoms with E-state index in [2.05, 4.69) is 5.32 Å². The summed E-state index contributed by atoms with van der Waals surface area (Å²) in [6, 6.07) is 28.9. The summed E-state index contributed by atoms with van der Waals surface area (Å²) in [7, 11) is 0. The number of amides is 1. The molecule has 3 rings (SSSR count). The van der Waals surface area contributed by atoms with E-state index in [9.17, 15) is 4.79 Å². The summed E-state index contributed by atoms with van der Waals surface area (Å²) in [5.41, 5.74) is 8.25. The molecule has 0 bridgehead atoms. The minimum Gasteiger partial charge on any atom is -0.444 e. The smallest absolute Gasteiger partial charge is 0.408 e. The highest BCUT2D eigenvalue weighted by Gasteiger charge is 2.41. The van der Waals surface area contributed by atoms with Gasteiger partial charge in [0.05, 0.1) is 11.6 Å². The molecule has 0 aliphatic carbocycles. The Bertz CT molecular complexity index is 880. The molecule has 0 aliphatic heterocycles. The Morgan fingerprint density at radius 3 is 1.62 bits per heavy atom. The van der Waals surface area contributed by atoms with Crippen LogP contribution in [0.3, 0.4) is 0 Å². The van der Waals surface area contributed by atoms with Crippen LogP contribution in [-0.2, 0) is 10.3 Å². The summed E-state index contributed by atoms with van der Waals surface area (Å²) in [5, 5.41) is 3.04. The molecule has 1 atom stereocenters. The normalized spacial score (nSPS) is 12.8. The molecule has 29 heavy (non-hydrogen) atoms. The zero-order valence-corrected chi connectivity index (χ0v) is 17.1. The lowest BCUT2D eigenvalue weighted by Crippen LogP contribution is -2.51. The van der Waals surface area contributed by atoms with Gasteiger partial charge in [0.15, 0.2) is 0 Å². The fraction of sp³-hybridized carbons (Fsp3) is 0.240. The Balaban J connectivity index is 2.14. The minimum absolute atomic E-state index is 0.506. The van der Waals surface area contributed by atoms with Crippen LogP contribution in [0.4, 0.5) is 4.79 Å². The van der Waals surface area contributed by atoms with Crippen LogP contribution in [0.25, 0.3) is 0 Å². The Labute approximate surface area is 172 Å². The molecule has 4 nitrogen and oxygen atoms in total. The summed E-state index contributed by atoms with van der Waals surface area (Å²) in [6.45, 7) is 5.52. The first-order valence-electron chi connectivity index (χ1n) is 9.75. The van der Waals surface area contributed by atoms with E-state index >= 15 is 0 Å². The van der Waals surface area contributed by atoms with Crippen LogP contribution in [-0.4, -0.2) is 11.7 Å². The second-order valence-corrected chi connectivity index (χ2v) is 8.09. The van der Waals surface area contributed by atoms with E-state index in [1.54, 1.807) is 0 Å². The van der Waals surface area contributed by atoms with Gasteiger partial charge in [0, 0.05) is 0 Å². The molecule has 0 fully saturated rings. The monoisotopic (exact) mass is 388 g/mol. The van der Waals surface area contributed by atoms with Gasteiger partial charge in [-0.05, 0) is 37.5 Å². The van der Waals surface area contributed by atoms with Crippen LogP contribution in [0.5, 0.6) is 0 Å². The third-order valence-corrected chi connectivity index (χ3v) is 4.75. The molecule has 150 valence electrons. The topological polar surface area (TPSA) is 64.3 Å². The van der Waals surface area contributed by atoms with Gasteiger partial charge in [-0.2, -0.15) is 0 Å². The van der Waals surface area contributed by atoms with Crippen molar-refractivity contribution in [1.82, 2.24) is 5.32 Å². The summed E-state index contributed by atoms with van der Waals surface area (Å²) >= 11 is 0. The van der Waals surface area contributed by atoms with Gasteiger partial charge < -0.3 is 15.8 Å². The first kappa shape index (κ1) is 20.6. The molecular weight excluding hydrogens is 360 g/mol. The van der Waals surface area contributed by atoms with Gasteiger partial charge in [-0.25, -0.2) is 4.79 Å². The predicted molar refractivity (Wildman–Crippen MR) is 116 cm³/mol. The SMILES string of the molecule is CC(C)(C)OC(=O)NC(c1ccccc1)C(N)(c1ccccc1)c1ccccc1. The first-order chi connectivity index (χ1) is 13.8. The molecule has 4 heteroatoms. The number of nitrogens with two attached hydrogens (primary N) is 1. The highest BCUT2D eigenvalue weighted by molar-refractivity contribution is 5.69. The second-order valence-electron chi connectivity index (χ2n) is 8.09. The Hall–Kier alpha value is -3.11. The van der Waals surface area contributed by atoms with E-state index in [0.29, 0.717) is 0 Å². The van der Waals surface area contributed by atoms with Crippen molar-refractivity contribution in [2.75, 3.05) is 0 Å². The summed E-state index contributed by atoms with van der Waals surface area (Å²) in [6.07, 6.45) is -0.506. The Morgan fingerprint density at radius 1 is 0.793 bits per heavy atom. The predicted octanol–water partition coefficient (Wildman–Crippen LogP) is 5.15. The van der Waals surface area contributed by atoms with Gasteiger partial charge in [0.1, 0.15) is 5.60 Å². The van der Waals surface area contributed by atoms with Crippen LogP contribution < -0.4 is 11.1 Å². The molecule has 0 aromatic heterocycles. The van der Waals surface area contributed by atoms with Crippen molar-refractivity contribution in [2.24, 2.45) is 5.73 Å². The van der Waals surface area contributed by atoms with Gasteiger partial charge in [0.2, 0.25) is 0 Å². The van der Waals surface area contributed by atoms with Crippen molar-refractivity contribution in [2.45, 2.75) is 38.0 Å². The van der Waals surface area contributed by atoms with Crippen molar-refractivity contribution in [3.05, 3.63) is 108 Å². The number of nitrogens with one attached hydrogen (secondary N) is 1. The van der Waals surface area contributed by atoms with E-state index in [1.807, 2.05) is 112 Å². The number of alkyl carbamates (subject to hydrolysis) is 1. The van der Waals surface area contributed by atoms with E-state index in [-0.39, 0.29) is 0 Å². The van der Waals surface area contributed by atoms with Crippen LogP contribution in [0.15, 0.2) is 91.0 Å². The lowest BCUT2D eigenvalue weighted by Gasteiger charge is -2.39. The fourth-order valence-electron chi connectivity index (χ4n) is 3.46. The van der Waals surface area contributed by atoms with Crippen LogP contribution in [0.2, 0.25) is 0 Å². The molecule has 0 saturated carbocycles. The minimum atomic E-state index is -0.999. The maximum absolute atomic E-state index is 12.8. The lowest BCUT2D eigenvalue weighted by atomic mass is 9.75. The molecular formula is C25H28N2O2. The number of rotatable bonds is 5. The van der Waals surface area contributed by atoms with Crippen LogP contribution in [0, 0.1) is 0 Å². The molecule has 0 radical (unpaired) electrons. The van der Waals surface area contributed by atoms with Gasteiger partial charge >= 0.3 is 6.09 Å². The van der Waals surface area contributed by atoms with Crippen molar-refractivity contribution in [3.63, 3.8) is 0 Å². The number of carbonyl (C=O) groups is 1. The maximum atomic E-state index is 12.8. The third-order valence-electron chi connectivity index (χ3n) is 4.75. The summed E-state index contributed by atoms with van der Waals surface area (Å²) < 4.78 is 5.55. The Morgan fingerprint density at radius 2 is 1.21 bits per heavy atom. The Kier molecular flexibility index (Phi) is 6.04. The van der Waals surface area contributed by atoms with E-state index in [1.165, 1.54) is 0 Å². The number of carbonyl (C=O) groups excluding carboxylic acids is 1. The molecule has 0 aliphatic rings. The fourth-order valence-corrected chi connectivity index (χ4v) is 3.46. The third kappa shape index (κ3) is 4.84. The molecule has 1 amide bonds. The average molecular weight is 389 g/mol. The number of benzene rings is 3. The van der Waals surface area contributed by atoms with Crippen LogP contribution in [0.1, 0.15) is 43.5 Å². The van der Waals surface area contributed by atoms with Gasteiger partial charge in [-0.3, -0.25) is 0 Å². The zero-order chi connectivity index (χ0) is 20.9. The maximum Gasteiger partial charge on any atom is 0.408 e. The molecule has 3 aromatic carbocycles. The van der Waals surface area contributed by atoms with E-state index in [4.69, 9.17) is 10.5 Å². The molecule has 3 aromatic rings. The number of hydrogen-bond acceptors (Lipinski definition) is 3. The van der Waals surface area contributed by atoms with Gasteiger partial charge in [-0.15, -0.1) is 0 Å². The van der Waals surface area contributed by atoms with Crippen LogP contribution >= 0.6 is 0 Å².